The maximum Gasteiger partial charge on any atom is 1.00 e. The first-order chi connectivity index (χ1) is 9.96. The minimum atomic E-state index is -0.523. The maximum absolute atomic E-state index is 10.8. The molecule has 0 saturated carbocycles. The van der Waals surface area contributed by atoms with Gasteiger partial charge in [0.15, 0.2) is 6.03 Å². The Morgan fingerprint density at radius 3 is 1.77 bits per heavy atom. The van der Waals surface area contributed by atoms with Crippen LogP contribution in [0.25, 0.3) is 5.32 Å². The zero-order valence-electron chi connectivity index (χ0n) is 13.8. The first kappa shape index (κ1) is 23.2. The van der Waals surface area contributed by atoms with Gasteiger partial charge in [-0.25, -0.2) is 4.79 Å². The van der Waals surface area contributed by atoms with Crippen LogP contribution in [0.4, 0.5) is 9.59 Å². The third kappa shape index (κ3) is 9.75. The van der Waals surface area contributed by atoms with Crippen molar-refractivity contribution in [2.75, 3.05) is 19.6 Å². The summed E-state index contributed by atoms with van der Waals surface area (Å²) >= 11 is 0. The van der Waals surface area contributed by atoms with Crippen molar-refractivity contribution in [2.24, 2.45) is 0 Å². The molecule has 0 bridgehead atoms. The molecule has 8 nitrogen and oxygen atoms in total. The number of imide groups is 2. The molecule has 0 aliphatic carbocycles. The van der Waals surface area contributed by atoms with E-state index in [2.05, 4.69) is 29.8 Å². The molecule has 0 radical (unpaired) electrons. The van der Waals surface area contributed by atoms with E-state index in [4.69, 9.17) is 0 Å². The molecule has 2 aliphatic heterocycles. The second kappa shape index (κ2) is 13.5. The van der Waals surface area contributed by atoms with Crippen molar-refractivity contribution in [3.05, 3.63) is 5.32 Å². The molecule has 22 heavy (non-hydrogen) atoms. The summed E-state index contributed by atoms with van der Waals surface area (Å²) in [6.45, 7) is 7.06. The second-order valence-corrected chi connectivity index (χ2v) is 4.37. The molecule has 0 aromatic carbocycles. The van der Waals surface area contributed by atoms with E-state index in [-0.39, 0.29) is 60.5 Å². The molecule has 9 heteroatoms. The van der Waals surface area contributed by atoms with Crippen LogP contribution < -0.4 is 40.2 Å². The van der Waals surface area contributed by atoms with Gasteiger partial charge in [0.2, 0.25) is 5.91 Å². The minimum absolute atomic E-state index is 0. The second-order valence-electron chi connectivity index (χ2n) is 4.37. The van der Waals surface area contributed by atoms with Gasteiger partial charge in [-0.2, -0.15) is 0 Å². The van der Waals surface area contributed by atoms with Gasteiger partial charge in [-0.15, -0.1) is 0 Å². The molecule has 120 valence electrons. The Morgan fingerprint density at radius 1 is 0.955 bits per heavy atom. The number of nitrogens with zero attached hydrogens (tertiary/aromatic N) is 2. The topological polar surface area (TPSA) is 110 Å². The fourth-order valence-corrected chi connectivity index (χ4v) is 1.25. The first-order valence-electron chi connectivity index (χ1n) is 7.06. The molecule has 6 amide bonds. The van der Waals surface area contributed by atoms with E-state index in [9.17, 15) is 19.2 Å². The van der Waals surface area contributed by atoms with Crippen molar-refractivity contribution in [3.8, 4) is 0 Å². The Balaban J connectivity index is 0. The average Bonchev–Trinajstić information content (AvgIpc) is 2.99. The molecule has 0 aromatic rings. The third-order valence-electron chi connectivity index (χ3n) is 2.50. The summed E-state index contributed by atoms with van der Waals surface area (Å²) in [6.07, 6.45) is 3.46. The molecule has 2 fully saturated rings. The van der Waals surface area contributed by atoms with Crippen molar-refractivity contribution in [2.45, 2.75) is 40.0 Å². The van der Waals surface area contributed by atoms with Gasteiger partial charge in [-0.1, -0.05) is 33.6 Å². The molecule has 0 atom stereocenters. The number of nitrogens with one attached hydrogen (secondary N) is 2. The van der Waals surface area contributed by atoms with E-state index < -0.39 is 6.03 Å². The average molecular weight is 322 g/mol. The zero-order chi connectivity index (χ0) is 16.3. The van der Waals surface area contributed by atoms with Crippen LogP contribution in [-0.2, 0) is 9.59 Å². The Kier molecular flexibility index (Phi) is 14.2. The molecule has 2 heterocycles. The molecule has 0 unspecified atom stereocenters. The van der Waals surface area contributed by atoms with Gasteiger partial charge in [0.05, 0.1) is 6.54 Å². The van der Waals surface area contributed by atoms with Crippen LogP contribution >= 0.6 is 0 Å². The summed E-state index contributed by atoms with van der Waals surface area (Å²) in [5, 5.41) is 7.66. The van der Waals surface area contributed by atoms with E-state index in [1.54, 1.807) is 0 Å². The van der Waals surface area contributed by atoms with Gasteiger partial charge in [0.1, 0.15) is 5.91 Å². The van der Waals surface area contributed by atoms with Crippen molar-refractivity contribution in [1.82, 2.24) is 15.5 Å². The van der Waals surface area contributed by atoms with E-state index >= 15 is 0 Å². The zero-order valence-corrected chi connectivity index (χ0v) is 15.8. The fourth-order valence-electron chi connectivity index (χ4n) is 1.25. The predicted octanol–water partition coefficient (Wildman–Crippen LogP) is -1.63. The SMILES string of the molecule is CCCC.CCCN1C(=O)CNC1=O.O=C1CNC(=O)[N-]1.[Na+]. The molecule has 0 aromatic heterocycles. The summed E-state index contributed by atoms with van der Waals surface area (Å²) in [6, 6.07) is -0.781. The van der Waals surface area contributed by atoms with Gasteiger partial charge in [-0.3, -0.25) is 19.3 Å². The molecule has 2 saturated heterocycles. The minimum Gasteiger partial charge on any atom is -0.442 e. The molecule has 2 rings (SSSR count). The van der Waals surface area contributed by atoms with Gasteiger partial charge in [-0.05, 0) is 6.42 Å². The molecule has 0 spiro atoms. The van der Waals surface area contributed by atoms with Crippen LogP contribution in [0.5, 0.6) is 0 Å². The summed E-state index contributed by atoms with van der Waals surface area (Å²) in [7, 11) is 0. The smallest absolute Gasteiger partial charge is 0.442 e. The molecule has 2 N–H and O–H groups in total. The van der Waals surface area contributed by atoms with E-state index in [0.717, 1.165) is 6.42 Å². The summed E-state index contributed by atoms with van der Waals surface area (Å²) < 4.78 is 0. The summed E-state index contributed by atoms with van der Waals surface area (Å²) in [4.78, 5) is 42.8. The molecular weight excluding hydrogens is 299 g/mol. The number of urea groups is 2. The molecular formula is C13H23N4NaO4. The number of rotatable bonds is 3. The Labute approximate surface area is 153 Å². The number of carbonyl (C=O) groups is 4. The standard InChI is InChI=1S/C6H10N2O2.C4H10.C3H4N2O2.Na/c1-2-3-8-5(9)4-7-6(8)10;1-3-4-2;6-2-1-4-3(7)5-2;/h2-4H2,1H3,(H,7,10);3-4H2,1-2H3;1H2,(H2,4,5,6,7);/q;;;+1/p-1. The summed E-state index contributed by atoms with van der Waals surface area (Å²) in [5.74, 6) is -0.503. The number of hydrogen-bond donors (Lipinski definition) is 2. The van der Waals surface area contributed by atoms with Gasteiger partial charge in [0, 0.05) is 13.1 Å². The van der Waals surface area contributed by atoms with Crippen LogP contribution in [-0.4, -0.2) is 48.4 Å². The number of unbranched alkanes of at least 4 members (excludes halogenated alkanes) is 1. The van der Waals surface area contributed by atoms with Gasteiger partial charge < -0.3 is 16.0 Å². The molecule has 2 aliphatic rings. The quantitative estimate of drug-likeness (QED) is 0.480. The van der Waals surface area contributed by atoms with Crippen molar-refractivity contribution >= 4 is 23.9 Å². The predicted molar refractivity (Wildman–Crippen MR) is 77.7 cm³/mol. The monoisotopic (exact) mass is 322 g/mol. The van der Waals surface area contributed by atoms with Gasteiger partial charge in [0.25, 0.3) is 0 Å². The maximum atomic E-state index is 10.8. The number of carbonyl (C=O) groups excluding carboxylic acids is 4. The number of amides is 6. The van der Waals surface area contributed by atoms with Crippen LogP contribution in [0.15, 0.2) is 0 Å². The van der Waals surface area contributed by atoms with Crippen LogP contribution in [0.3, 0.4) is 0 Å². The van der Waals surface area contributed by atoms with Crippen LogP contribution in [0.2, 0.25) is 0 Å². The van der Waals surface area contributed by atoms with Crippen molar-refractivity contribution in [1.29, 1.82) is 0 Å². The van der Waals surface area contributed by atoms with E-state index in [0.29, 0.717) is 6.54 Å². The third-order valence-corrected chi connectivity index (χ3v) is 2.50. The summed E-state index contributed by atoms with van der Waals surface area (Å²) in [5.41, 5.74) is 0. The van der Waals surface area contributed by atoms with E-state index in [1.807, 2.05) is 6.92 Å². The Morgan fingerprint density at radius 2 is 1.55 bits per heavy atom. The largest absolute Gasteiger partial charge is 1.00 e. The van der Waals surface area contributed by atoms with Crippen LogP contribution in [0, 0.1) is 0 Å². The van der Waals surface area contributed by atoms with E-state index in [1.165, 1.54) is 17.7 Å². The number of hydrogen-bond acceptors (Lipinski definition) is 4. The Hall–Kier alpha value is -1.12. The Bertz CT molecular complexity index is 358. The first-order valence-corrected chi connectivity index (χ1v) is 7.06. The van der Waals surface area contributed by atoms with Gasteiger partial charge >= 0.3 is 35.6 Å². The van der Waals surface area contributed by atoms with Crippen LogP contribution in [0.1, 0.15) is 40.0 Å². The van der Waals surface area contributed by atoms with Crippen molar-refractivity contribution < 1.29 is 48.7 Å². The normalized spacial score (nSPS) is 15.5. The van der Waals surface area contributed by atoms with Crippen molar-refractivity contribution in [3.63, 3.8) is 0 Å². The fraction of sp³-hybridized carbons (Fsp3) is 0.692.